The van der Waals surface area contributed by atoms with Gasteiger partial charge >= 0.3 is 0 Å². The number of ether oxygens (including phenoxy) is 1. The Morgan fingerprint density at radius 2 is 2.12 bits per heavy atom. The minimum atomic E-state index is 0.184. The lowest BCUT2D eigenvalue weighted by atomic mass is 10.1. The Hall–Kier alpha value is -2.47. The normalized spacial score (nSPS) is 17.1. The molecule has 0 bridgehead atoms. The highest BCUT2D eigenvalue weighted by molar-refractivity contribution is 5.73. The van der Waals surface area contributed by atoms with Crippen LogP contribution in [0.4, 0.5) is 0 Å². The van der Waals surface area contributed by atoms with Gasteiger partial charge in [0.25, 0.3) is 0 Å². The van der Waals surface area contributed by atoms with Gasteiger partial charge in [0.1, 0.15) is 5.75 Å². The molecule has 3 rings (SSSR count). The van der Waals surface area contributed by atoms with Crippen LogP contribution in [-0.4, -0.2) is 52.4 Å². The molecule has 1 atom stereocenters. The summed E-state index contributed by atoms with van der Waals surface area (Å²) >= 11 is 0. The first-order chi connectivity index (χ1) is 12.1. The maximum atomic E-state index is 11.4. The average Bonchev–Trinajstić information content (AvgIpc) is 3.06. The summed E-state index contributed by atoms with van der Waals surface area (Å²) in [5.74, 6) is 1.99. The Morgan fingerprint density at radius 1 is 1.32 bits per heavy atom. The number of hydrogen-bond acceptors (Lipinski definition) is 5. The molecule has 1 saturated heterocycles. The molecule has 1 aromatic carbocycles. The van der Waals surface area contributed by atoms with Gasteiger partial charge < -0.3 is 14.5 Å². The molecule has 25 heavy (non-hydrogen) atoms. The van der Waals surface area contributed by atoms with E-state index in [0.717, 1.165) is 38.3 Å². The second-order valence-corrected chi connectivity index (χ2v) is 6.61. The first kappa shape index (κ1) is 17.4. The molecule has 0 spiro atoms. The molecule has 2 aromatic rings. The number of rotatable bonds is 6. The zero-order valence-electron chi connectivity index (χ0n) is 14.8. The molecule has 132 valence electrons. The molecule has 1 fully saturated rings. The molecule has 6 nitrogen and oxygen atoms in total. The number of benzene rings is 1. The van der Waals surface area contributed by atoms with Crippen LogP contribution in [0, 0.1) is 5.92 Å². The predicted molar refractivity (Wildman–Crippen MR) is 95.2 cm³/mol. The van der Waals surface area contributed by atoms with Gasteiger partial charge in [-0.25, -0.2) is 4.98 Å². The molecule has 1 aromatic heterocycles. The van der Waals surface area contributed by atoms with Crippen molar-refractivity contribution in [2.45, 2.75) is 19.9 Å². The van der Waals surface area contributed by atoms with Gasteiger partial charge in [-0.1, -0.05) is 12.1 Å². The van der Waals surface area contributed by atoms with E-state index >= 15 is 0 Å². The van der Waals surface area contributed by atoms with E-state index in [9.17, 15) is 4.79 Å². The van der Waals surface area contributed by atoms with Gasteiger partial charge in [-0.2, -0.15) is 0 Å². The van der Waals surface area contributed by atoms with Crippen LogP contribution in [0.25, 0.3) is 0 Å². The Morgan fingerprint density at radius 3 is 2.76 bits per heavy atom. The van der Waals surface area contributed by atoms with E-state index in [1.54, 1.807) is 25.5 Å². The lowest BCUT2D eigenvalue weighted by molar-refractivity contribution is -0.127. The minimum Gasteiger partial charge on any atom is -0.438 e. The smallest absolute Gasteiger partial charge is 0.237 e. The fraction of sp³-hybridized carbons (Fsp3) is 0.421. The van der Waals surface area contributed by atoms with Gasteiger partial charge in [0.2, 0.25) is 11.8 Å². The summed E-state index contributed by atoms with van der Waals surface area (Å²) in [5.41, 5.74) is 1.23. The second kappa shape index (κ2) is 8.07. The summed E-state index contributed by atoms with van der Waals surface area (Å²) in [5, 5.41) is 0. The topological polar surface area (TPSA) is 58.6 Å². The molecule has 0 saturated carbocycles. The first-order valence-electron chi connectivity index (χ1n) is 8.57. The van der Waals surface area contributed by atoms with E-state index in [4.69, 9.17) is 4.74 Å². The third kappa shape index (κ3) is 5.00. The molecular formula is C19H24N4O2. The third-order valence-electron chi connectivity index (χ3n) is 4.44. The van der Waals surface area contributed by atoms with Gasteiger partial charge in [0.15, 0.2) is 0 Å². The summed E-state index contributed by atoms with van der Waals surface area (Å²) in [6.07, 6.45) is 5.91. The monoisotopic (exact) mass is 340 g/mol. The van der Waals surface area contributed by atoms with Crippen LogP contribution in [-0.2, 0) is 11.3 Å². The van der Waals surface area contributed by atoms with Gasteiger partial charge in [0, 0.05) is 45.5 Å². The number of carbonyl (C=O) groups is 1. The quantitative estimate of drug-likeness (QED) is 0.809. The SMILES string of the molecule is CC(=O)N1CC[C@H](CN(C)Cc2ccc(Oc3cnccn3)cc2)C1. The fourth-order valence-electron chi connectivity index (χ4n) is 3.21. The Labute approximate surface area is 148 Å². The Bertz CT molecular complexity index is 690. The van der Waals surface area contributed by atoms with Crippen LogP contribution in [0.3, 0.4) is 0 Å². The van der Waals surface area contributed by atoms with Crippen LogP contribution in [0.5, 0.6) is 11.6 Å². The summed E-state index contributed by atoms with van der Waals surface area (Å²) in [6.45, 7) is 5.30. The zero-order chi connectivity index (χ0) is 17.6. The van der Waals surface area contributed by atoms with Crippen molar-refractivity contribution in [1.82, 2.24) is 19.8 Å². The highest BCUT2D eigenvalue weighted by Gasteiger charge is 2.24. The standard InChI is InChI=1S/C19H24N4O2/c1-15(24)23-10-7-17(14-23)13-22(2)12-16-3-5-18(6-4-16)25-19-11-20-8-9-21-19/h3-6,8-9,11,17H,7,10,12-14H2,1-2H3/t17-/m1/s1. The van der Waals surface area contributed by atoms with Crippen LogP contribution < -0.4 is 4.74 Å². The van der Waals surface area contributed by atoms with Crippen molar-refractivity contribution >= 4 is 5.91 Å². The summed E-state index contributed by atoms with van der Waals surface area (Å²) in [6, 6.07) is 8.03. The molecule has 0 aliphatic carbocycles. The molecule has 0 unspecified atom stereocenters. The van der Waals surface area contributed by atoms with E-state index in [2.05, 4.69) is 34.0 Å². The minimum absolute atomic E-state index is 0.184. The average molecular weight is 340 g/mol. The molecule has 6 heteroatoms. The van der Waals surface area contributed by atoms with Crippen molar-refractivity contribution in [3.05, 3.63) is 48.4 Å². The number of amides is 1. The zero-order valence-corrected chi connectivity index (χ0v) is 14.8. The van der Waals surface area contributed by atoms with E-state index in [1.165, 1.54) is 5.56 Å². The van der Waals surface area contributed by atoms with Crippen molar-refractivity contribution in [3.63, 3.8) is 0 Å². The highest BCUT2D eigenvalue weighted by Crippen LogP contribution is 2.21. The van der Waals surface area contributed by atoms with Crippen molar-refractivity contribution in [2.75, 3.05) is 26.7 Å². The lowest BCUT2D eigenvalue weighted by Gasteiger charge is -2.21. The third-order valence-corrected chi connectivity index (χ3v) is 4.44. The summed E-state index contributed by atoms with van der Waals surface area (Å²) in [4.78, 5) is 23.8. The molecule has 1 aliphatic rings. The van der Waals surface area contributed by atoms with E-state index < -0.39 is 0 Å². The van der Waals surface area contributed by atoms with Crippen molar-refractivity contribution in [1.29, 1.82) is 0 Å². The number of nitrogens with zero attached hydrogens (tertiary/aromatic N) is 4. The predicted octanol–water partition coefficient (Wildman–Crippen LogP) is 2.57. The number of aromatic nitrogens is 2. The number of hydrogen-bond donors (Lipinski definition) is 0. The van der Waals surface area contributed by atoms with E-state index in [0.29, 0.717) is 11.8 Å². The van der Waals surface area contributed by atoms with Gasteiger partial charge in [-0.3, -0.25) is 9.78 Å². The molecule has 2 heterocycles. The van der Waals surface area contributed by atoms with Crippen molar-refractivity contribution in [2.24, 2.45) is 5.92 Å². The number of carbonyl (C=O) groups excluding carboxylic acids is 1. The molecule has 0 radical (unpaired) electrons. The molecule has 1 amide bonds. The van der Waals surface area contributed by atoms with Gasteiger partial charge in [-0.15, -0.1) is 0 Å². The first-order valence-corrected chi connectivity index (χ1v) is 8.57. The summed E-state index contributed by atoms with van der Waals surface area (Å²) < 4.78 is 5.66. The van der Waals surface area contributed by atoms with Gasteiger partial charge in [0.05, 0.1) is 6.20 Å². The van der Waals surface area contributed by atoms with Crippen LogP contribution in [0.15, 0.2) is 42.9 Å². The van der Waals surface area contributed by atoms with Crippen LogP contribution in [0.1, 0.15) is 18.9 Å². The van der Waals surface area contributed by atoms with Crippen LogP contribution >= 0.6 is 0 Å². The lowest BCUT2D eigenvalue weighted by Crippen LogP contribution is -2.30. The summed E-state index contributed by atoms with van der Waals surface area (Å²) in [7, 11) is 2.13. The molecule has 0 N–H and O–H groups in total. The van der Waals surface area contributed by atoms with E-state index in [1.807, 2.05) is 17.0 Å². The molecule has 1 aliphatic heterocycles. The van der Waals surface area contributed by atoms with Crippen molar-refractivity contribution < 1.29 is 9.53 Å². The maximum Gasteiger partial charge on any atom is 0.237 e. The highest BCUT2D eigenvalue weighted by atomic mass is 16.5. The second-order valence-electron chi connectivity index (χ2n) is 6.61. The number of likely N-dealkylation sites (tertiary alicyclic amines) is 1. The van der Waals surface area contributed by atoms with Crippen molar-refractivity contribution in [3.8, 4) is 11.6 Å². The fourth-order valence-corrected chi connectivity index (χ4v) is 3.21. The molecular weight excluding hydrogens is 316 g/mol. The van der Waals surface area contributed by atoms with E-state index in [-0.39, 0.29) is 5.91 Å². The Balaban J connectivity index is 1.49. The largest absolute Gasteiger partial charge is 0.438 e. The maximum absolute atomic E-state index is 11.4. The van der Waals surface area contributed by atoms with Crippen LogP contribution in [0.2, 0.25) is 0 Å². The Kier molecular flexibility index (Phi) is 5.60. The van der Waals surface area contributed by atoms with Gasteiger partial charge in [-0.05, 0) is 37.1 Å².